The lowest BCUT2D eigenvalue weighted by Crippen LogP contribution is -2.09. The number of aryl methyl sites for hydroxylation is 2. The molecule has 3 rings (SSSR count). The molecule has 0 atom stereocenters. The van der Waals surface area contributed by atoms with Crippen molar-refractivity contribution in [3.63, 3.8) is 0 Å². The number of carboxylic acid groups (broad SMARTS) is 1. The van der Waals surface area contributed by atoms with Crippen LogP contribution < -0.4 is 4.74 Å². The van der Waals surface area contributed by atoms with Gasteiger partial charge in [0.2, 0.25) is 0 Å². The van der Waals surface area contributed by atoms with Crippen LogP contribution in [-0.4, -0.2) is 27.7 Å². The molecule has 0 radical (unpaired) electrons. The Labute approximate surface area is 184 Å². The van der Waals surface area contributed by atoms with Gasteiger partial charge in [0.1, 0.15) is 11.6 Å². The van der Waals surface area contributed by atoms with Gasteiger partial charge in [-0.3, -0.25) is 0 Å². The predicted octanol–water partition coefficient (Wildman–Crippen LogP) is 5.30. The highest BCUT2D eigenvalue weighted by Crippen LogP contribution is 2.22. The molecule has 3 aromatic rings. The van der Waals surface area contributed by atoms with Gasteiger partial charge in [-0.05, 0) is 42.2 Å². The van der Waals surface area contributed by atoms with Crippen LogP contribution in [0, 0.1) is 6.92 Å². The lowest BCUT2D eigenvalue weighted by molar-refractivity contribution is -0.132. The second kappa shape index (κ2) is 10.6. The number of hydrogen-bond donors (Lipinski definition) is 1. The number of rotatable bonds is 10. The third kappa shape index (κ3) is 5.85. The van der Waals surface area contributed by atoms with E-state index in [9.17, 15) is 9.90 Å². The van der Waals surface area contributed by atoms with Crippen LogP contribution in [0.3, 0.4) is 0 Å². The number of methoxy groups -OCH3 is 1. The van der Waals surface area contributed by atoms with Crippen molar-refractivity contribution < 1.29 is 14.6 Å². The molecule has 2 aromatic carbocycles. The van der Waals surface area contributed by atoms with Gasteiger partial charge < -0.3 is 14.4 Å². The molecule has 0 spiro atoms. The molecule has 1 N–H and O–H groups in total. The summed E-state index contributed by atoms with van der Waals surface area (Å²) in [4.78, 5) is 16.6. The van der Waals surface area contributed by atoms with E-state index in [4.69, 9.17) is 4.74 Å². The van der Waals surface area contributed by atoms with E-state index in [1.165, 1.54) is 0 Å². The zero-order chi connectivity index (χ0) is 22.2. The summed E-state index contributed by atoms with van der Waals surface area (Å²) >= 11 is 0. The second-order valence-corrected chi connectivity index (χ2v) is 7.73. The summed E-state index contributed by atoms with van der Waals surface area (Å²) in [6, 6.07) is 15.8. The fourth-order valence-electron chi connectivity index (χ4n) is 3.67. The van der Waals surface area contributed by atoms with Crippen LogP contribution in [0.4, 0.5) is 0 Å². The molecule has 0 aliphatic heterocycles. The van der Waals surface area contributed by atoms with Crippen molar-refractivity contribution in [3.8, 4) is 5.75 Å². The van der Waals surface area contributed by atoms with Crippen molar-refractivity contribution in [1.29, 1.82) is 0 Å². The van der Waals surface area contributed by atoms with Crippen molar-refractivity contribution in [2.75, 3.05) is 7.11 Å². The zero-order valence-electron chi connectivity index (χ0n) is 18.5. The first-order valence-electron chi connectivity index (χ1n) is 10.7. The molecule has 5 heteroatoms. The maximum Gasteiger partial charge on any atom is 0.331 e. The summed E-state index contributed by atoms with van der Waals surface area (Å²) in [5.41, 5.74) is 4.33. The van der Waals surface area contributed by atoms with Gasteiger partial charge in [0.25, 0.3) is 0 Å². The molecule has 0 bridgehead atoms. The quantitative estimate of drug-likeness (QED) is 0.454. The number of aromatic nitrogens is 2. The molecule has 162 valence electrons. The Hall–Kier alpha value is -3.34. The van der Waals surface area contributed by atoms with E-state index in [-0.39, 0.29) is 0 Å². The number of carbonyl (C=O) groups is 1. The Kier molecular flexibility index (Phi) is 7.65. The maximum absolute atomic E-state index is 12.0. The minimum Gasteiger partial charge on any atom is -0.496 e. The monoisotopic (exact) mass is 418 g/mol. The van der Waals surface area contributed by atoms with Gasteiger partial charge in [-0.1, -0.05) is 55.8 Å². The fourth-order valence-corrected chi connectivity index (χ4v) is 3.67. The van der Waals surface area contributed by atoms with Crippen molar-refractivity contribution in [2.24, 2.45) is 0 Å². The average molecular weight is 419 g/mol. The van der Waals surface area contributed by atoms with Crippen molar-refractivity contribution in [2.45, 2.75) is 46.1 Å². The van der Waals surface area contributed by atoms with Crippen LogP contribution in [0.25, 0.3) is 6.08 Å². The Balaban J connectivity index is 1.97. The third-order valence-electron chi connectivity index (χ3n) is 5.36. The number of unbranched alkanes of at least 4 members (excludes halogenated alkanes) is 1. The lowest BCUT2D eigenvalue weighted by Gasteiger charge is -2.13. The Bertz CT molecular complexity index is 1050. The molecular formula is C26H30N2O3. The molecule has 0 fully saturated rings. The third-order valence-corrected chi connectivity index (χ3v) is 5.36. The van der Waals surface area contributed by atoms with Crippen molar-refractivity contribution >= 4 is 12.0 Å². The summed E-state index contributed by atoms with van der Waals surface area (Å²) < 4.78 is 7.51. The van der Waals surface area contributed by atoms with Crippen molar-refractivity contribution in [1.82, 2.24) is 9.55 Å². The number of hydrogen-bond acceptors (Lipinski definition) is 3. The van der Waals surface area contributed by atoms with Gasteiger partial charge in [0, 0.05) is 25.0 Å². The molecule has 31 heavy (non-hydrogen) atoms. The largest absolute Gasteiger partial charge is 0.496 e. The van der Waals surface area contributed by atoms with E-state index in [0.717, 1.165) is 53.2 Å². The molecule has 0 saturated heterocycles. The molecule has 0 aliphatic carbocycles. The van der Waals surface area contributed by atoms with Gasteiger partial charge >= 0.3 is 5.97 Å². The first-order valence-corrected chi connectivity index (χ1v) is 10.7. The Morgan fingerprint density at radius 2 is 1.94 bits per heavy atom. The molecule has 0 saturated carbocycles. The van der Waals surface area contributed by atoms with Crippen LogP contribution >= 0.6 is 0 Å². The fraction of sp³-hybridized carbons (Fsp3) is 0.308. The van der Waals surface area contributed by atoms with E-state index in [2.05, 4.69) is 22.5 Å². The minimum absolute atomic E-state index is 0.348. The number of ether oxygens (including phenoxy) is 1. The molecule has 0 amide bonds. The summed E-state index contributed by atoms with van der Waals surface area (Å²) in [6.07, 6.45) is 6.89. The van der Waals surface area contributed by atoms with E-state index in [0.29, 0.717) is 18.5 Å². The summed E-state index contributed by atoms with van der Waals surface area (Å²) in [6.45, 7) is 4.81. The molecule has 5 nitrogen and oxygen atoms in total. The van der Waals surface area contributed by atoms with Crippen LogP contribution in [0.2, 0.25) is 0 Å². The van der Waals surface area contributed by atoms with Crippen molar-refractivity contribution in [3.05, 3.63) is 88.5 Å². The van der Waals surface area contributed by atoms with Gasteiger partial charge in [-0.2, -0.15) is 0 Å². The molecule has 1 aromatic heterocycles. The summed E-state index contributed by atoms with van der Waals surface area (Å²) in [5.74, 6) is 0.926. The van der Waals surface area contributed by atoms with Crippen LogP contribution in [0.5, 0.6) is 5.75 Å². The Morgan fingerprint density at radius 1 is 1.16 bits per heavy atom. The van der Waals surface area contributed by atoms with Crippen LogP contribution in [0.1, 0.15) is 48.0 Å². The standard InChI is InChI=1S/C26H30N2O3/c1-4-5-11-25-27-17-23(16-22(26(29)30)15-20-9-7-6-8-10-20)28(25)18-21-12-13-24(31-3)19(2)14-21/h6-10,12-14,16-17H,4-5,11,15,18H2,1-3H3,(H,29,30). The topological polar surface area (TPSA) is 64.3 Å². The maximum atomic E-state index is 12.0. The highest BCUT2D eigenvalue weighted by Gasteiger charge is 2.14. The molecule has 1 heterocycles. The number of nitrogens with zero attached hydrogens (tertiary/aromatic N) is 2. The highest BCUT2D eigenvalue weighted by molar-refractivity contribution is 5.92. The smallest absolute Gasteiger partial charge is 0.331 e. The minimum atomic E-state index is -0.910. The number of carboxylic acids is 1. The number of benzene rings is 2. The number of imidazole rings is 1. The first kappa shape index (κ1) is 22.3. The van der Waals surface area contributed by atoms with Crippen LogP contribution in [-0.2, 0) is 24.2 Å². The average Bonchev–Trinajstić information content (AvgIpc) is 3.13. The summed E-state index contributed by atoms with van der Waals surface area (Å²) in [7, 11) is 1.67. The van der Waals surface area contributed by atoms with Gasteiger partial charge in [-0.25, -0.2) is 9.78 Å². The van der Waals surface area contributed by atoms with E-state index >= 15 is 0 Å². The van der Waals surface area contributed by atoms with E-state index in [1.54, 1.807) is 19.4 Å². The number of aliphatic carboxylic acids is 1. The molecule has 0 aliphatic rings. The van der Waals surface area contributed by atoms with Gasteiger partial charge in [0.15, 0.2) is 0 Å². The highest BCUT2D eigenvalue weighted by atomic mass is 16.5. The van der Waals surface area contributed by atoms with Gasteiger partial charge in [0.05, 0.1) is 19.0 Å². The zero-order valence-corrected chi connectivity index (χ0v) is 18.5. The molecular weight excluding hydrogens is 388 g/mol. The summed E-state index contributed by atoms with van der Waals surface area (Å²) in [5, 5.41) is 9.81. The second-order valence-electron chi connectivity index (χ2n) is 7.73. The first-order chi connectivity index (χ1) is 15.0. The lowest BCUT2D eigenvalue weighted by atomic mass is 10.0. The van der Waals surface area contributed by atoms with E-state index in [1.807, 2.05) is 49.4 Å². The van der Waals surface area contributed by atoms with Gasteiger partial charge in [-0.15, -0.1) is 0 Å². The molecule has 0 unspecified atom stereocenters. The predicted molar refractivity (Wildman–Crippen MR) is 123 cm³/mol. The SMILES string of the molecule is CCCCc1ncc(C=C(Cc2ccccc2)C(=O)O)n1Cc1ccc(OC)c(C)c1. The normalized spacial score (nSPS) is 11.5. The Morgan fingerprint density at radius 3 is 2.58 bits per heavy atom. The van der Waals surface area contributed by atoms with E-state index < -0.39 is 5.97 Å². The van der Waals surface area contributed by atoms with Crippen LogP contribution in [0.15, 0.2) is 60.3 Å².